The first-order valence-corrected chi connectivity index (χ1v) is 8.90. The Labute approximate surface area is 133 Å². The molecule has 4 aliphatic rings. The van der Waals surface area contributed by atoms with E-state index in [0.717, 1.165) is 37.4 Å². The van der Waals surface area contributed by atoms with Gasteiger partial charge in [-0.25, -0.2) is 4.79 Å². The number of carbonyl (C=O) groups excluding carboxylic acids is 1. The molecule has 0 aromatic rings. The van der Waals surface area contributed by atoms with Crippen molar-refractivity contribution in [1.29, 1.82) is 0 Å². The number of aliphatic carboxylic acids is 1. The molecule has 7 heteroatoms. The van der Waals surface area contributed by atoms with Crippen molar-refractivity contribution in [3.05, 3.63) is 10.6 Å². The zero-order valence-electron chi connectivity index (χ0n) is 12.4. The van der Waals surface area contributed by atoms with Gasteiger partial charge in [0.25, 0.3) is 0 Å². The fraction of sp³-hybridized carbons (Fsp3) is 0.733. The van der Waals surface area contributed by atoms with Gasteiger partial charge in [-0.1, -0.05) is 0 Å². The first-order chi connectivity index (χ1) is 10.6. The van der Waals surface area contributed by atoms with E-state index in [-0.39, 0.29) is 17.6 Å². The Morgan fingerprint density at radius 3 is 2.86 bits per heavy atom. The number of fused-ring (bicyclic) bond motifs is 1. The van der Waals surface area contributed by atoms with Gasteiger partial charge >= 0.3 is 5.97 Å². The molecule has 4 atom stereocenters. The lowest BCUT2D eigenvalue weighted by molar-refractivity contribution is -0.147. The highest BCUT2D eigenvalue weighted by atomic mass is 32.2. The molecule has 0 aromatic heterocycles. The number of carboxylic acid groups (broad SMARTS) is 1. The molecule has 3 unspecified atom stereocenters. The first-order valence-electron chi connectivity index (χ1n) is 8.02. The SMILES string of the molecule is O=C(O)C1=C(SC2CN[C@H](C3CCNC3)C2)CC2CC(=O)N12. The number of nitrogens with zero attached hydrogens (tertiary/aromatic N) is 1. The van der Waals surface area contributed by atoms with E-state index in [2.05, 4.69) is 10.6 Å². The zero-order chi connectivity index (χ0) is 15.3. The second-order valence-electron chi connectivity index (χ2n) is 6.65. The van der Waals surface area contributed by atoms with Crippen LogP contribution in [-0.2, 0) is 9.59 Å². The second kappa shape index (κ2) is 5.54. The third-order valence-corrected chi connectivity index (χ3v) is 6.61. The first kappa shape index (κ1) is 14.5. The number of hydrogen-bond donors (Lipinski definition) is 3. The molecule has 0 saturated carbocycles. The van der Waals surface area contributed by atoms with Gasteiger partial charge in [0.1, 0.15) is 5.70 Å². The van der Waals surface area contributed by atoms with Crippen molar-refractivity contribution >= 4 is 23.6 Å². The normalized spacial score (nSPS) is 37.6. The average molecular weight is 323 g/mol. The largest absolute Gasteiger partial charge is 0.477 e. The van der Waals surface area contributed by atoms with Crippen LogP contribution >= 0.6 is 11.8 Å². The predicted molar refractivity (Wildman–Crippen MR) is 83.3 cm³/mol. The van der Waals surface area contributed by atoms with Gasteiger partial charge in [-0.3, -0.25) is 4.79 Å². The van der Waals surface area contributed by atoms with Crippen LogP contribution in [-0.4, -0.2) is 58.9 Å². The smallest absolute Gasteiger partial charge is 0.353 e. The Balaban J connectivity index is 1.43. The summed E-state index contributed by atoms with van der Waals surface area (Å²) in [6, 6.07) is 0.645. The maximum atomic E-state index is 11.6. The lowest BCUT2D eigenvalue weighted by Gasteiger charge is -2.34. The van der Waals surface area contributed by atoms with E-state index >= 15 is 0 Å². The summed E-state index contributed by atoms with van der Waals surface area (Å²) in [4.78, 5) is 25.5. The summed E-state index contributed by atoms with van der Waals surface area (Å²) >= 11 is 1.69. The summed E-state index contributed by atoms with van der Waals surface area (Å²) in [6.45, 7) is 3.12. The quantitative estimate of drug-likeness (QED) is 0.648. The molecule has 120 valence electrons. The zero-order valence-corrected chi connectivity index (χ0v) is 13.2. The fourth-order valence-corrected chi connectivity index (χ4v) is 5.60. The number of carbonyl (C=O) groups is 2. The molecule has 3 saturated heterocycles. The number of rotatable bonds is 4. The van der Waals surface area contributed by atoms with Gasteiger partial charge in [-0.2, -0.15) is 0 Å². The molecule has 6 nitrogen and oxygen atoms in total. The van der Waals surface area contributed by atoms with Crippen LogP contribution in [0.15, 0.2) is 10.6 Å². The predicted octanol–water partition coefficient (Wildman–Crippen LogP) is 0.360. The molecular formula is C15H21N3O3S. The molecule has 3 fully saturated rings. The molecule has 0 aliphatic carbocycles. The molecule has 0 bridgehead atoms. The standard InChI is InChI=1S/C15H21N3O3S/c19-13-4-9-3-12(14(15(20)21)18(9)13)22-10-5-11(17-7-10)8-1-2-16-6-8/h8-11,16-17H,1-7H2,(H,20,21)/t8?,9?,10?,11-/m0/s1. The average Bonchev–Trinajstić information content (AvgIpc) is 3.17. The summed E-state index contributed by atoms with van der Waals surface area (Å²) in [5.74, 6) is -0.304. The van der Waals surface area contributed by atoms with Crippen molar-refractivity contribution in [2.45, 2.75) is 43.0 Å². The highest BCUT2D eigenvalue weighted by Gasteiger charge is 2.48. The van der Waals surface area contributed by atoms with Crippen molar-refractivity contribution in [1.82, 2.24) is 15.5 Å². The fourth-order valence-electron chi connectivity index (χ4n) is 4.13. The van der Waals surface area contributed by atoms with Crippen LogP contribution in [0.2, 0.25) is 0 Å². The summed E-state index contributed by atoms with van der Waals surface area (Å²) < 4.78 is 0. The molecule has 4 aliphatic heterocycles. The second-order valence-corrected chi connectivity index (χ2v) is 8.04. The highest BCUT2D eigenvalue weighted by molar-refractivity contribution is 8.03. The Bertz CT molecular complexity index is 544. The van der Waals surface area contributed by atoms with Crippen molar-refractivity contribution in [2.24, 2.45) is 5.92 Å². The minimum absolute atomic E-state index is 0.0440. The molecule has 1 amide bonds. The number of hydrogen-bond acceptors (Lipinski definition) is 5. The summed E-state index contributed by atoms with van der Waals surface area (Å²) in [7, 11) is 0. The van der Waals surface area contributed by atoms with E-state index in [1.54, 1.807) is 11.8 Å². The van der Waals surface area contributed by atoms with Crippen molar-refractivity contribution < 1.29 is 14.7 Å². The van der Waals surface area contributed by atoms with Crippen LogP contribution < -0.4 is 10.6 Å². The third kappa shape index (κ3) is 2.35. The van der Waals surface area contributed by atoms with Gasteiger partial charge in [0.05, 0.1) is 6.04 Å². The molecular weight excluding hydrogens is 302 g/mol. The Kier molecular flexibility index (Phi) is 3.66. The van der Waals surface area contributed by atoms with E-state index in [4.69, 9.17) is 0 Å². The lowest BCUT2D eigenvalue weighted by Crippen LogP contribution is -2.49. The van der Waals surface area contributed by atoms with E-state index in [0.29, 0.717) is 23.6 Å². The number of amides is 1. The van der Waals surface area contributed by atoms with Gasteiger partial charge in [-0.05, 0) is 31.8 Å². The van der Waals surface area contributed by atoms with E-state index in [1.165, 1.54) is 11.3 Å². The van der Waals surface area contributed by atoms with Gasteiger partial charge in [0.2, 0.25) is 5.91 Å². The number of nitrogens with one attached hydrogen (secondary N) is 2. The topological polar surface area (TPSA) is 81.7 Å². The number of carboxylic acids is 1. The molecule has 4 rings (SSSR count). The molecule has 0 radical (unpaired) electrons. The summed E-state index contributed by atoms with van der Waals surface area (Å²) in [6.07, 6.45) is 3.54. The lowest BCUT2D eigenvalue weighted by atomic mass is 9.98. The number of β-lactam (4-membered cyclic amide) rings is 1. The van der Waals surface area contributed by atoms with Gasteiger partial charge in [0.15, 0.2) is 0 Å². The minimum Gasteiger partial charge on any atom is -0.477 e. The van der Waals surface area contributed by atoms with Crippen LogP contribution in [0.1, 0.15) is 25.7 Å². The Morgan fingerprint density at radius 1 is 1.32 bits per heavy atom. The number of thioether (sulfide) groups is 1. The summed E-state index contributed by atoms with van der Waals surface area (Å²) in [5.41, 5.74) is 0.247. The maximum Gasteiger partial charge on any atom is 0.353 e. The van der Waals surface area contributed by atoms with Gasteiger partial charge < -0.3 is 20.6 Å². The van der Waals surface area contributed by atoms with Crippen LogP contribution in [0.4, 0.5) is 0 Å². The Morgan fingerprint density at radius 2 is 2.18 bits per heavy atom. The minimum atomic E-state index is -0.958. The molecule has 0 aromatic carbocycles. The van der Waals surface area contributed by atoms with Crippen molar-refractivity contribution in [3.63, 3.8) is 0 Å². The van der Waals surface area contributed by atoms with Crippen molar-refractivity contribution in [3.8, 4) is 0 Å². The van der Waals surface area contributed by atoms with E-state index in [1.807, 2.05) is 0 Å². The third-order valence-electron chi connectivity index (χ3n) is 5.27. The Hall–Kier alpha value is -1.05. The van der Waals surface area contributed by atoms with E-state index in [9.17, 15) is 14.7 Å². The summed E-state index contributed by atoms with van der Waals surface area (Å²) in [5, 5.41) is 16.9. The highest BCUT2D eigenvalue weighted by Crippen LogP contribution is 2.45. The molecule has 22 heavy (non-hydrogen) atoms. The molecule has 4 heterocycles. The van der Waals surface area contributed by atoms with Crippen LogP contribution in [0, 0.1) is 5.92 Å². The van der Waals surface area contributed by atoms with Gasteiger partial charge in [0, 0.05) is 35.6 Å². The van der Waals surface area contributed by atoms with Gasteiger partial charge in [-0.15, -0.1) is 11.8 Å². The van der Waals surface area contributed by atoms with Crippen molar-refractivity contribution in [2.75, 3.05) is 19.6 Å². The van der Waals surface area contributed by atoms with E-state index < -0.39 is 5.97 Å². The molecule has 3 N–H and O–H groups in total. The molecule has 0 spiro atoms. The van der Waals surface area contributed by atoms with Crippen LogP contribution in [0.5, 0.6) is 0 Å². The monoisotopic (exact) mass is 323 g/mol. The van der Waals surface area contributed by atoms with Crippen LogP contribution in [0.25, 0.3) is 0 Å². The van der Waals surface area contributed by atoms with Crippen LogP contribution in [0.3, 0.4) is 0 Å². The maximum absolute atomic E-state index is 11.6.